The van der Waals surface area contributed by atoms with Crippen molar-refractivity contribution in [3.05, 3.63) is 65.7 Å². The molecule has 28 heavy (non-hydrogen) atoms. The number of morpholine rings is 1. The molecule has 0 unspecified atom stereocenters. The Morgan fingerprint density at radius 2 is 1.75 bits per heavy atom. The van der Waals surface area contributed by atoms with Crippen molar-refractivity contribution in [2.24, 2.45) is 0 Å². The molecule has 148 valence electrons. The maximum atomic E-state index is 12.8. The van der Waals surface area contributed by atoms with Crippen molar-refractivity contribution >= 4 is 15.9 Å². The lowest BCUT2D eigenvalue weighted by Gasteiger charge is -2.26. The first-order valence-corrected chi connectivity index (χ1v) is 11.0. The van der Waals surface area contributed by atoms with Gasteiger partial charge in [0.05, 0.1) is 18.1 Å². The van der Waals surface area contributed by atoms with Crippen molar-refractivity contribution in [1.82, 2.24) is 9.62 Å². The summed E-state index contributed by atoms with van der Waals surface area (Å²) in [5.41, 5.74) is 1.60. The van der Waals surface area contributed by atoms with Crippen LogP contribution < -0.4 is 5.32 Å². The number of nitrogens with zero attached hydrogens (tertiary/aromatic N) is 1. The maximum absolute atomic E-state index is 12.8. The zero-order valence-corrected chi connectivity index (χ0v) is 16.5. The maximum Gasteiger partial charge on any atom is 0.251 e. The van der Waals surface area contributed by atoms with Crippen molar-refractivity contribution in [2.45, 2.75) is 23.2 Å². The van der Waals surface area contributed by atoms with Crippen molar-refractivity contribution in [1.29, 1.82) is 0 Å². The fourth-order valence-electron chi connectivity index (χ4n) is 3.60. The molecule has 0 aromatic heterocycles. The number of hydrogen-bond donors (Lipinski definition) is 1. The Kier molecular flexibility index (Phi) is 5.23. The van der Waals surface area contributed by atoms with Gasteiger partial charge < -0.3 is 10.1 Å². The minimum absolute atomic E-state index is 0.00834. The minimum atomic E-state index is -3.62. The summed E-state index contributed by atoms with van der Waals surface area (Å²) < 4.78 is 32.3. The van der Waals surface area contributed by atoms with Crippen LogP contribution in [-0.2, 0) is 20.2 Å². The lowest BCUT2D eigenvalue weighted by Crippen LogP contribution is -2.40. The average molecular weight is 401 g/mol. The van der Waals surface area contributed by atoms with Crippen LogP contribution in [0.3, 0.4) is 0 Å². The van der Waals surface area contributed by atoms with Gasteiger partial charge in [0.25, 0.3) is 5.91 Å². The standard InChI is InChI=1S/C21H24N2O4S/c24-20(22-16-21(9-10-21)18-6-2-1-3-7-18)17-5-4-8-19(15-17)28(25,26)23-11-13-27-14-12-23/h1-8,15H,9-14,16H2,(H,22,24). The van der Waals surface area contributed by atoms with Gasteiger partial charge in [0, 0.05) is 30.6 Å². The smallest absolute Gasteiger partial charge is 0.251 e. The summed E-state index contributed by atoms with van der Waals surface area (Å²) in [6, 6.07) is 16.5. The highest BCUT2D eigenvalue weighted by Crippen LogP contribution is 2.47. The van der Waals surface area contributed by atoms with E-state index in [0.29, 0.717) is 38.4 Å². The van der Waals surface area contributed by atoms with Crippen LogP contribution in [0, 0.1) is 0 Å². The number of ether oxygens (including phenoxy) is 1. The first-order chi connectivity index (χ1) is 13.5. The van der Waals surface area contributed by atoms with Gasteiger partial charge in [-0.25, -0.2) is 8.42 Å². The molecule has 7 heteroatoms. The van der Waals surface area contributed by atoms with Crippen molar-refractivity contribution in [3.8, 4) is 0 Å². The molecule has 6 nitrogen and oxygen atoms in total. The molecule has 1 saturated carbocycles. The third kappa shape index (κ3) is 3.83. The molecule has 0 atom stereocenters. The fourth-order valence-corrected chi connectivity index (χ4v) is 5.05. The summed E-state index contributed by atoms with van der Waals surface area (Å²) in [5.74, 6) is -0.249. The Morgan fingerprint density at radius 3 is 2.43 bits per heavy atom. The number of sulfonamides is 1. The highest BCUT2D eigenvalue weighted by Gasteiger charge is 2.44. The second-order valence-electron chi connectivity index (χ2n) is 7.37. The van der Waals surface area contributed by atoms with Gasteiger partial charge in [-0.2, -0.15) is 4.31 Å². The molecule has 0 radical (unpaired) electrons. The van der Waals surface area contributed by atoms with E-state index >= 15 is 0 Å². The average Bonchev–Trinajstić information content (AvgIpc) is 3.55. The summed E-state index contributed by atoms with van der Waals surface area (Å²) in [6.45, 7) is 1.99. The van der Waals surface area contributed by atoms with Gasteiger partial charge in [-0.1, -0.05) is 36.4 Å². The van der Waals surface area contributed by atoms with E-state index in [0.717, 1.165) is 12.8 Å². The molecule has 4 rings (SSSR count). The SMILES string of the molecule is O=C(NCC1(c2ccccc2)CC1)c1cccc(S(=O)(=O)N2CCOCC2)c1. The molecule has 2 fully saturated rings. The molecule has 1 N–H and O–H groups in total. The van der Waals surface area contributed by atoms with Gasteiger partial charge in [0.15, 0.2) is 0 Å². The van der Waals surface area contributed by atoms with Crippen LogP contribution >= 0.6 is 0 Å². The van der Waals surface area contributed by atoms with E-state index in [-0.39, 0.29) is 16.2 Å². The number of carbonyl (C=O) groups is 1. The monoisotopic (exact) mass is 400 g/mol. The summed E-state index contributed by atoms with van der Waals surface area (Å²) in [4.78, 5) is 12.8. The fraction of sp³-hybridized carbons (Fsp3) is 0.381. The Labute approximate surface area is 165 Å². The summed E-state index contributed by atoms with van der Waals surface area (Å²) in [6.07, 6.45) is 2.09. The Bertz CT molecular complexity index is 949. The van der Waals surface area contributed by atoms with Gasteiger partial charge in [-0.05, 0) is 36.6 Å². The Morgan fingerprint density at radius 1 is 1.04 bits per heavy atom. The first-order valence-electron chi connectivity index (χ1n) is 9.53. The van der Waals surface area contributed by atoms with Crippen molar-refractivity contribution in [3.63, 3.8) is 0 Å². The number of carbonyl (C=O) groups excluding carboxylic acids is 1. The van der Waals surface area contributed by atoms with Gasteiger partial charge >= 0.3 is 0 Å². The van der Waals surface area contributed by atoms with Crippen LogP contribution in [0.2, 0.25) is 0 Å². The molecule has 2 aliphatic rings. The van der Waals surface area contributed by atoms with E-state index in [1.165, 1.54) is 22.0 Å². The van der Waals surface area contributed by atoms with Gasteiger partial charge in [0.2, 0.25) is 10.0 Å². The predicted octanol–water partition coefficient (Wildman–Crippen LogP) is 2.17. The topological polar surface area (TPSA) is 75.7 Å². The number of amides is 1. The van der Waals surface area contributed by atoms with E-state index in [2.05, 4.69) is 17.4 Å². The van der Waals surface area contributed by atoms with Crippen LogP contribution in [0.5, 0.6) is 0 Å². The lowest BCUT2D eigenvalue weighted by molar-refractivity contribution is 0.0730. The molecule has 0 bridgehead atoms. The van der Waals surface area contributed by atoms with Crippen molar-refractivity contribution < 1.29 is 17.9 Å². The van der Waals surface area contributed by atoms with Gasteiger partial charge in [-0.3, -0.25) is 4.79 Å². The third-order valence-corrected chi connectivity index (χ3v) is 7.43. The Hall–Kier alpha value is -2.22. The number of nitrogens with one attached hydrogen (secondary N) is 1. The highest BCUT2D eigenvalue weighted by atomic mass is 32.2. The van der Waals surface area contributed by atoms with Gasteiger partial charge in [-0.15, -0.1) is 0 Å². The predicted molar refractivity (Wildman–Crippen MR) is 106 cm³/mol. The molecule has 1 saturated heterocycles. The minimum Gasteiger partial charge on any atom is -0.379 e. The molecule has 1 aliphatic heterocycles. The first kappa shape index (κ1) is 19.1. The van der Waals surface area contributed by atoms with Crippen LogP contribution in [0.4, 0.5) is 0 Å². The second-order valence-corrected chi connectivity index (χ2v) is 9.31. The molecular formula is C21H24N2O4S. The summed E-state index contributed by atoms with van der Waals surface area (Å²) in [5, 5.41) is 2.99. The lowest BCUT2D eigenvalue weighted by atomic mass is 9.96. The molecule has 2 aromatic rings. The Balaban J connectivity index is 1.46. The van der Waals surface area contributed by atoms with E-state index < -0.39 is 10.0 Å². The van der Waals surface area contributed by atoms with E-state index in [1.807, 2.05) is 18.2 Å². The normalized spacial score (nSPS) is 19.1. The van der Waals surface area contributed by atoms with E-state index in [4.69, 9.17) is 4.74 Å². The van der Waals surface area contributed by atoms with Crippen LogP contribution in [0.25, 0.3) is 0 Å². The van der Waals surface area contributed by atoms with E-state index in [1.54, 1.807) is 12.1 Å². The van der Waals surface area contributed by atoms with Crippen LogP contribution in [0.15, 0.2) is 59.5 Å². The van der Waals surface area contributed by atoms with E-state index in [9.17, 15) is 13.2 Å². The van der Waals surface area contributed by atoms with Gasteiger partial charge in [0.1, 0.15) is 0 Å². The molecule has 1 heterocycles. The van der Waals surface area contributed by atoms with Crippen molar-refractivity contribution in [2.75, 3.05) is 32.8 Å². The number of benzene rings is 2. The molecule has 1 amide bonds. The number of rotatable bonds is 6. The zero-order valence-electron chi connectivity index (χ0n) is 15.6. The quantitative estimate of drug-likeness (QED) is 0.806. The molecule has 2 aromatic carbocycles. The highest BCUT2D eigenvalue weighted by molar-refractivity contribution is 7.89. The summed E-state index contributed by atoms with van der Waals surface area (Å²) >= 11 is 0. The second kappa shape index (κ2) is 7.66. The number of hydrogen-bond acceptors (Lipinski definition) is 4. The largest absolute Gasteiger partial charge is 0.379 e. The third-order valence-electron chi connectivity index (χ3n) is 5.53. The molecular weight excluding hydrogens is 376 g/mol. The summed E-state index contributed by atoms with van der Waals surface area (Å²) in [7, 11) is -3.62. The van der Waals surface area contributed by atoms with Crippen LogP contribution in [-0.4, -0.2) is 51.5 Å². The zero-order chi connectivity index (χ0) is 19.6. The van der Waals surface area contributed by atoms with Crippen LogP contribution in [0.1, 0.15) is 28.8 Å². The molecule has 0 spiro atoms. The molecule has 1 aliphatic carbocycles.